The van der Waals surface area contributed by atoms with Gasteiger partial charge in [0.1, 0.15) is 5.75 Å². The van der Waals surface area contributed by atoms with Crippen molar-refractivity contribution in [3.05, 3.63) is 29.8 Å². The molecule has 0 N–H and O–H groups in total. The van der Waals surface area contributed by atoms with Crippen LogP contribution in [-0.2, 0) is 10.3 Å². The Morgan fingerprint density at radius 3 is 2.44 bits per heavy atom. The van der Waals surface area contributed by atoms with Gasteiger partial charge in [0.15, 0.2) is 0 Å². The largest absolute Gasteiger partial charge is 0.490 e. The first-order chi connectivity index (χ1) is 7.82. The predicted molar refractivity (Wildman–Crippen MR) is 59.1 cm³/mol. The normalized spacial score (nSPS) is 21.0. The number of carbonyl (C=O) groups excluding carboxylic acids is 1. The molecule has 0 amide bonds. The predicted octanol–water partition coefficient (Wildman–Crippen LogP) is 2.55. The van der Waals surface area contributed by atoms with Crippen LogP contribution in [0.5, 0.6) is 5.75 Å². The van der Waals surface area contributed by atoms with Crippen LogP contribution in [0.4, 0.5) is 0 Å². The minimum absolute atomic E-state index is 0.264. The Morgan fingerprint density at radius 1 is 1.25 bits per heavy atom. The molecule has 2 aliphatic rings. The highest BCUT2D eigenvalue weighted by Crippen LogP contribution is 2.49. The van der Waals surface area contributed by atoms with Crippen LogP contribution in [0.15, 0.2) is 29.3 Å². The topological polar surface area (TPSA) is 38.7 Å². The fourth-order valence-electron chi connectivity index (χ4n) is 1.89. The van der Waals surface area contributed by atoms with Crippen LogP contribution in [0.3, 0.4) is 0 Å². The number of hydrogen-bond donors (Lipinski definition) is 0. The number of aliphatic imine (C=N–C) groups is 1. The van der Waals surface area contributed by atoms with E-state index in [1.165, 1.54) is 12.8 Å². The molecule has 1 aromatic rings. The van der Waals surface area contributed by atoms with Crippen molar-refractivity contribution < 1.29 is 9.53 Å². The minimum Gasteiger partial charge on any atom is -0.490 e. The van der Waals surface area contributed by atoms with Crippen LogP contribution < -0.4 is 4.74 Å². The second kappa shape index (κ2) is 3.46. The van der Waals surface area contributed by atoms with E-state index in [4.69, 9.17) is 4.74 Å². The second-order valence-electron chi connectivity index (χ2n) is 4.58. The van der Waals surface area contributed by atoms with Gasteiger partial charge in [-0.3, -0.25) is 0 Å². The van der Waals surface area contributed by atoms with Gasteiger partial charge in [-0.05, 0) is 43.4 Å². The van der Waals surface area contributed by atoms with Gasteiger partial charge in [0.2, 0.25) is 6.08 Å². The lowest BCUT2D eigenvalue weighted by molar-refractivity contribution is 0.303. The molecule has 0 radical (unpaired) electrons. The fraction of sp³-hybridized carbons (Fsp3) is 0.462. The minimum atomic E-state index is -0.264. The first kappa shape index (κ1) is 9.61. The summed E-state index contributed by atoms with van der Waals surface area (Å²) in [6.07, 6.45) is 6.33. The zero-order valence-electron chi connectivity index (χ0n) is 8.98. The van der Waals surface area contributed by atoms with Crippen LogP contribution in [-0.4, -0.2) is 12.2 Å². The number of ether oxygens (including phenoxy) is 1. The maximum absolute atomic E-state index is 10.3. The third kappa shape index (κ3) is 1.74. The van der Waals surface area contributed by atoms with Crippen LogP contribution in [0.25, 0.3) is 0 Å². The van der Waals surface area contributed by atoms with Gasteiger partial charge in [-0.2, -0.15) is 4.99 Å². The molecule has 0 spiro atoms. The molecule has 0 aliphatic heterocycles. The molecule has 0 unspecified atom stereocenters. The van der Waals surface area contributed by atoms with Crippen LogP contribution >= 0.6 is 0 Å². The first-order valence-electron chi connectivity index (χ1n) is 5.69. The second-order valence-corrected chi connectivity index (χ2v) is 4.58. The molecule has 3 heteroatoms. The van der Waals surface area contributed by atoms with Gasteiger partial charge in [0.05, 0.1) is 11.6 Å². The highest BCUT2D eigenvalue weighted by atomic mass is 16.5. The summed E-state index contributed by atoms with van der Waals surface area (Å²) >= 11 is 0. The molecule has 2 saturated carbocycles. The lowest BCUT2D eigenvalue weighted by atomic mass is 10.1. The van der Waals surface area contributed by atoms with Crippen molar-refractivity contribution in [2.75, 3.05) is 0 Å². The van der Waals surface area contributed by atoms with E-state index in [0.29, 0.717) is 6.10 Å². The zero-order chi connectivity index (χ0) is 11.0. The maximum atomic E-state index is 10.3. The quantitative estimate of drug-likeness (QED) is 0.572. The molecule has 0 atom stereocenters. The summed E-state index contributed by atoms with van der Waals surface area (Å²) in [7, 11) is 0. The van der Waals surface area contributed by atoms with Crippen LogP contribution in [0.2, 0.25) is 0 Å². The Kier molecular flexibility index (Phi) is 2.08. The summed E-state index contributed by atoms with van der Waals surface area (Å²) in [5.41, 5.74) is 0.832. The van der Waals surface area contributed by atoms with E-state index < -0.39 is 0 Å². The summed E-state index contributed by atoms with van der Waals surface area (Å²) < 4.78 is 5.67. The van der Waals surface area contributed by atoms with E-state index in [-0.39, 0.29) is 5.54 Å². The van der Waals surface area contributed by atoms with Crippen molar-refractivity contribution in [2.24, 2.45) is 4.99 Å². The Bertz CT molecular complexity index is 438. The number of nitrogens with zero attached hydrogens (tertiary/aromatic N) is 1. The molecule has 16 heavy (non-hydrogen) atoms. The van der Waals surface area contributed by atoms with E-state index in [1.54, 1.807) is 6.08 Å². The number of benzene rings is 1. The summed E-state index contributed by atoms with van der Waals surface area (Å²) in [6.45, 7) is 0. The maximum Gasteiger partial charge on any atom is 0.235 e. The van der Waals surface area contributed by atoms with Gasteiger partial charge < -0.3 is 4.74 Å². The molecule has 1 aromatic carbocycles. The average Bonchev–Trinajstić information content (AvgIpc) is 3.16. The Hall–Kier alpha value is -1.60. The van der Waals surface area contributed by atoms with Gasteiger partial charge in [-0.1, -0.05) is 12.1 Å². The first-order valence-corrected chi connectivity index (χ1v) is 5.69. The lowest BCUT2D eigenvalue weighted by Crippen LogP contribution is -2.02. The van der Waals surface area contributed by atoms with Crippen molar-refractivity contribution >= 4 is 6.08 Å². The fourth-order valence-corrected chi connectivity index (χ4v) is 1.89. The lowest BCUT2D eigenvalue weighted by Gasteiger charge is -2.09. The van der Waals surface area contributed by atoms with Crippen molar-refractivity contribution in [1.82, 2.24) is 0 Å². The smallest absolute Gasteiger partial charge is 0.235 e. The zero-order valence-corrected chi connectivity index (χ0v) is 8.98. The number of rotatable bonds is 4. The SMILES string of the molecule is O=C=NC1(c2ccc(OC3CC3)cc2)CC1. The Labute approximate surface area is 94.1 Å². The van der Waals surface area contributed by atoms with E-state index in [2.05, 4.69) is 4.99 Å². The van der Waals surface area contributed by atoms with Gasteiger partial charge >= 0.3 is 0 Å². The van der Waals surface area contributed by atoms with E-state index >= 15 is 0 Å². The molecule has 82 valence electrons. The molecule has 0 saturated heterocycles. The third-order valence-corrected chi connectivity index (χ3v) is 3.20. The molecule has 2 aliphatic carbocycles. The molecule has 0 aromatic heterocycles. The van der Waals surface area contributed by atoms with Crippen molar-refractivity contribution in [2.45, 2.75) is 37.3 Å². The van der Waals surface area contributed by atoms with Crippen LogP contribution in [0.1, 0.15) is 31.2 Å². The van der Waals surface area contributed by atoms with E-state index in [1.807, 2.05) is 24.3 Å². The van der Waals surface area contributed by atoms with E-state index in [0.717, 1.165) is 24.2 Å². The molecule has 0 bridgehead atoms. The third-order valence-electron chi connectivity index (χ3n) is 3.20. The molecule has 0 heterocycles. The Morgan fingerprint density at radius 2 is 1.94 bits per heavy atom. The van der Waals surface area contributed by atoms with Crippen molar-refractivity contribution in [3.63, 3.8) is 0 Å². The van der Waals surface area contributed by atoms with Gasteiger partial charge in [-0.25, -0.2) is 4.79 Å². The molecule has 3 nitrogen and oxygen atoms in total. The molecule has 2 fully saturated rings. The molecule has 3 rings (SSSR count). The Balaban J connectivity index is 1.78. The van der Waals surface area contributed by atoms with Gasteiger partial charge in [0, 0.05) is 0 Å². The highest BCUT2D eigenvalue weighted by molar-refractivity contribution is 5.42. The standard InChI is InChI=1S/C13H13NO2/c15-9-14-13(7-8-13)10-1-3-11(4-2-10)16-12-5-6-12/h1-4,12H,5-8H2. The molecular formula is C13H13NO2. The number of hydrogen-bond acceptors (Lipinski definition) is 3. The van der Waals surface area contributed by atoms with Gasteiger partial charge in [0.25, 0.3) is 0 Å². The van der Waals surface area contributed by atoms with E-state index in [9.17, 15) is 4.79 Å². The number of isocyanates is 1. The highest BCUT2D eigenvalue weighted by Gasteiger charge is 2.44. The summed E-state index contributed by atoms with van der Waals surface area (Å²) in [4.78, 5) is 14.2. The van der Waals surface area contributed by atoms with Crippen LogP contribution in [0, 0.1) is 0 Å². The van der Waals surface area contributed by atoms with Crippen molar-refractivity contribution in [1.29, 1.82) is 0 Å². The van der Waals surface area contributed by atoms with Gasteiger partial charge in [-0.15, -0.1) is 0 Å². The summed E-state index contributed by atoms with van der Waals surface area (Å²) in [6, 6.07) is 7.94. The van der Waals surface area contributed by atoms with Crippen molar-refractivity contribution in [3.8, 4) is 5.75 Å². The average molecular weight is 215 g/mol. The monoisotopic (exact) mass is 215 g/mol. The molecular weight excluding hydrogens is 202 g/mol. The summed E-state index contributed by atoms with van der Waals surface area (Å²) in [5.74, 6) is 0.914. The summed E-state index contributed by atoms with van der Waals surface area (Å²) in [5, 5.41) is 0.